The van der Waals surface area contributed by atoms with Crippen LogP contribution in [-0.2, 0) is 4.74 Å². The van der Waals surface area contributed by atoms with Gasteiger partial charge in [0.15, 0.2) is 0 Å². The first kappa shape index (κ1) is 13.7. The van der Waals surface area contributed by atoms with Crippen LogP contribution in [0, 0.1) is 5.41 Å². The Morgan fingerprint density at radius 3 is 2.00 bits per heavy atom. The van der Waals surface area contributed by atoms with Gasteiger partial charge in [-0.05, 0) is 27.7 Å². The van der Waals surface area contributed by atoms with E-state index in [1.54, 1.807) is 25.8 Å². The van der Waals surface area contributed by atoms with Gasteiger partial charge in [0.2, 0.25) is 5.96 Å². The average Bonchev–Trinajstić information content (AvgIpc) is 2.13. The largest absolute Gasteiger partial charge is 0.446 e. The quantitative estimate of drug-likeness (QED) is 0.564. The summed E-state index contributed by atoms with van der Waals surface area (Å²) in [5.74, 6) is 0.135. The summed E-state index contributed by atoms with van der Waals surface area (Å²) in [7, 11) is 3.30. The molecule has 5 nitrogen and oxygen atoms in total. The van der Waals surface area contributed by atoms with Crippen LogP contribution in [0.3, 0.4) is 0 Å². The maximum atomic E-state index is 11.5. The predicted octanol–water partition coefficient (Wildman–Crippen LogP) is 1.74. The van der Waals surface area contributed by atoms with Gasteiger partial charge in [0.25, 0.3) is 0 Å². The summed E-state index contributed by atoms with van der Waals surface area (Å²) >= 11 is 0. The van der Waals surface area contributed by atoms with Crippen LogP contribution in [0.4, 0.5) is 4.79 Å². The molecule has 0 saturated heterocycles. The highest BCUT2D eigenvalue weighted by atomic mass is 16.6. The van der Waals surface area contributed by atoms with E-state index in [1.807, 2.05) is 13.8 Å². The van der Waals surface area contributed by atoms with Gasteiger partial charge >= 0.3 is 6.09 Å². The fraction of sp³-hybridized carbons (Fsp3) is 0.800. The van der Waals surface area contributed by atoms with Gasteiger partial charge in [0.1, 0.15) is 0 Å². The Morgan fingerprint density at radius 1 is 1.20 bits per heavy atom. The Hall–Kier alpha value is -1.26. The zero-order chi connectivity index (χ0) is 12.2. The van der Waals surface area contributed by atoms with Crippen LogP contribution in [-0.4, -0.2) is 48.1 Å². The smallest absolute Gasteiger partial charge is 0.416 e. The van der Waals surface area contributed by atoms with Crippen LogP contribution in [0.15, 0.2) is 0 Å². The minimum absolute atomic E-state index is 0.135. The highest BCUT2D eigenvalue weighted by molar-refractivity contribution is 5.91. The summed E-state index contributed by atoms with van der Waals surface area (Å²) < 4.78 is 4.98. The van der Waals surface area contributed by atoms with Crippen molar-refractivity contribution in [2.45, 2.75) is 39.8 Å². The van der Waals surface area contributed by atoms with E-state index in [1.165, 1.54) is 11.9 Å². The van der Waals surface area contributed by atoms with Crippen molar-refractivity contribution < 1.29 is 9.53 Å². The zero-order valence-corrected chi connectivity index (χ0v) is 10.4. The molecule has 1 N–H and O–H groups in total. The van der Waals surface area contributed by atoms with Crippen LogP contribution >= 0.6 is 0 Å². The molecule has 0 aliphatic rings. The molecule has 5 heteroatoms. The Kier molecular flexibility index (Phi) is 5.11. The number of hydrogen-bond donors (Lipinski definition) is 1. The third kappa shape index (κ3) is 4.18. The van der Waals surface area contributed by atoms with E-state index in [2.05, 4.69) is 0 Å². The summed E-state index contributed by atoms with van der Waals surface area (Å²) in [6, 6.07) is 0.173. The molecule has 0 aromatic carbocycles. The summed E-state index contributed by atoms with van der Waals surface area (Å²) in [6.07, 6.45) is -0.667. The standard InChI is InChI=1S/C10H21N3O2/c1-7(2)12(5)9(11)13(6)10(14)15-8(3)4/h7-8,11H,1-6H3. The summed E-state index contributed by atoms with van der Waals surface area (Å²) in [5, 5.41) is 7.76. The van der Waals surface area contributed by atoms with Gasteiger partial charge in [-0.25, -0.2) is 4.79 Å². The Bertz CT molecular complexity index is 239. The number of carbonyl (C=O) groups is 1. The molecule has 1 amide bonds. The van der Waals surface area contributed by atoms with E-state index in [9.17, 15) is 4.79 Å². The van der Waals surface area contributed by atoms with Crippen molar-refractivity contribution in [1.82, 2.24) is 9.80 Å². The molecule has 0 heterocycles. The molecule has 0 rings (SSSR count). The molecule has 88 valence electrons. The van der Waals surface area contributed by atoms with E-state index < -0.39 is 6.09 Å². The highest BCUT2D eigenvalue weighted by Crippen LogP contribution is 2.02. The Morgan fingerprint density at radius 2 is 1.67 bits per heavy atom. The van der Waals surface area contributed by atoms with Gasteiger partial charge in [-0.15, -0.1) is 0 Å². The molecule has 0 aliphatic heterocycles. The Balaban J connectivity index is 4.38. The maximum Gasteiger partial charge on any atom is 0.416 e. The number of nitrogens with zero attached hydrogens (tertiary/aromatic N) is 2. The van der Waals surface area contributed by atoms with Crippen molar-refractivity contribution in [3.63, 3.8) is 0 Å². The molecule has 0 unspecified atom stereocenters. The van der Waals surface area contributed by atoms with Gasteiger partial charge in [-0.2, -0.15) is 0 Å². The number of ether oxygens (including phenoxy) is 1. The second kappa shape index (κ2) is 5.58. The molecule has 0 aliphatic carbocycles. The first-order chi connectivity index (χ1) is 6.77. The fourth-order valence-corrected chi connectivity index (χ4v) is 0.848. The van der Waals surface area contributed by atoms with Crippen LogP contribution in [0.5, 0.6) is 0 Å². The third-order valence-electron chi connectivity index (χ3n) is 2.04. The molecule has 0 atom stereocenters. The van der Waals surface area contributed by atoms with Crippen molar-refractivity contribution in [2.75, 3.05) is 14.1 Å². The highest BCUT2D eigenvalue weighted by Gasteiger charge is 2.20. The summed E-state index contributed by atoms with van der Waals surface area (Å²) in [5.41, 5.74) is 0. The van der Waals surface area contributed by atoms with Crippen molar-refractivity contribution in [2.24, 2.45) is 0 Å². The second-order valence-electron chi connectivity index (χ2n) is 4.02. The van der Waals surface area contributed by atoms with Crippen molar-refractivity contribution in [1.29, 1.82) is 5.41 Å². The number of rotatable bonds is 2. The molecule has 0 saturated carbocycles. The van der Waals surface area contributed by atoms with E-state index >= 15 is 0 Å². The number of hydrogen-bond acceptors (Lipinski definition) is 3. The first-order valence-electron chi connectivity index (χ1n) is 5.03. The minimum atomic E-state index is -0.498. The third-order valence-corrected chi connectivity index (χ3v) is 2.04. The summed E-state index contributed by atoms with van der Waals surface area (Å²) in [6.45, 7) is 7.47. The lowest BCUT2D eigenvalue weighted by atomic mass is 10.3. The van der Waals surface area contributed by atoms with Crippen LogP contribution < -0.4 is 0 Å². The van der Waals surface area contributed by atoms with Gasteiger partial charge in [0.05, 0.1) is 6.10 Å². The predicted molar refractivity (Wildman–Crippen MR) is 60.0 cm³/mol. The lowest BCUT2D eigenvalue weighted by molar-refractivity contribution is 0.0955. The topological polar surface area (TPSA) is 56.6 Å². The van der Waals surface area contributed by atoms with Crippen LogP contribution in [0.1, 0.15) is 27.7 Å². The Labute approximate surface area is 91.5 Å². The molecule has 0 spiro atoms. The van der Waals surface area contributed by atoms with E-state index in [0.29, 0.717) is 0 Å². The van der Waals surface area contributed by atoms with Crippen molar-refractivity contribution in [3.8, 4) is 0 Å². The van der Waals surface area contributed by atoms with Crippen LogP contribution in [0.2, 0.25) is 0 Å². The molecular weight excluding hydrogens is 194 g/mol. The SMILES string of the molecule is CC(C)OC(=O)N(C)C(=N)N(C)C(C)C. The second-order valence-corrected chi connectivity index (χ2v) is 4.02. The van der Waals surface area contributed by atoms with E-state index in [4.69, 9.17) is 10.1 Å². The van der Waals surface area contributed by atoms with Gasteiger partial charge in [-0.3, -0.25) is 10.3 Å². The number of guanidine groups is 1. The van der Waals surface area contributed by atoms with Gasteiger partial charge in [-0.1, -0.05) is 0 Å². The normalized spacial score (nSPS) is 10.4. The number of nitrogens with one attached hydrogen (secondary N) is 1. The maximum absolute atomic E-state index is 11.5. The molecule has 0 fully saturated rings. The average molecular weight is 215 g/mol. The number of amides is 1. The molecule has 0 radical (unpaired) electrons. The molecular formula is C10H21N3O2. The molecule has 0 bridgehead atoms. The molecule has 0 aromatic rings. The monoisotopic (exact) mass is 215 g/mol. The van der Waals surface area contributed by atoms with Gasteiger partial charge in [0, 0.05) is 20.1 Å². The fourth-order valence-electron chi connectivity index (χ4n) is 0.848. The van der Waals surface area contributed by atoms with Crippen molar-refractivity contribution >= 4 is 12.1 Å². The zero-order valence-electron chi connectivity index (χ0n) is 10.4. The molecule has 15 heavy (non-hydrogen) atoms. The minimum Gasteiger partial charge on any atom is -0.446 e. The lowest BCUT2D eigenvalue weighted by Crippen LogP contribution is -2.46. The van der Waals surface area contributed by atoms with Crippen molar-refractivity contribution in [3.05, 3.63) is 0 Å². The first-order valence-corrected chi connectivity index (χ1v) is 5.03. The summed E-state index contributed by atoms with van der Waals surface area (Å²) in [4.78, 5) is 14.3. The van der Waals surface area contributed by atoms with E-state index in [0.717, 1.165) is 0 Å². The van der Waals surface area contributed by atoms with E-state index in [-0.39, 0.29) is 18.1 Å². The lowest BCUT2D eigenvalue weighted by Gasteiger charge is -2.29. The molecule has 0 aromatic heterocycles. The van der Waals surface area contributed by atoms with Gasteiger partial charge < -0.3 is 9.64 Å². The van der Waals surface area contributed by atoms with Crippen LogP contribution in [0.25, 0.3) is 0 Å². The number of carbonyl (C=O) groups excluding carboxylic acids is 1.